The summed E-state index contributed by atoms with van der Waals surface area (Å²) in [6.45, 7) is 3.99. The Morgan fingerprint density at radius 1 is 1.19 bits per heavy atom. The highest BCUT2D eigenvalue weighted by Crippen LogP contribution is 2.26. The number of rotatable bonds is 4. The molecule has 5 heteroatoms. The molecule has 0 aromatic rings. The Bertz CT molecular complexity index is 378. The summed E-state index contributed by atoms with van der Waals surface area (Å²) in [6, 6.07) is 0.369. The quantitative estimate of drug-likeness (QED) is 0.859. The van der Waals surface area contributed by atoms with Crippen LogP contribution < -0.4 is 0 Å². The summed E-state index contributed by atoms with van der Waals surface area (Å²) in [4.78, 5) is 27.4. The second kappa shape index (κ2) is 7.25. The van der Waals surface area contributed by atoms with Gasteiger partial charge in [-0.2, -0.15) is 0 Å². The summed E-state index contributed by atoms with van der Waals surface area (Å²) in [5, 5.41) is 9.11. The van der Waals surface area contributed by atoms with Gasteiger partial charge in [-0.25, -0.2) is 0 Å². The molecule has 1 amide bonds. The third kappa shape index (κ3) is 4.43. The standard InChI is InChI=1S/C16H28N2O3/c1-12-5-7-14(8-6-12)17(2)15(19)11-18-9-3-4-13(10-18)16(20)21/h12-14H,3-11H2,1-2H3,(H,20,21). The van der Waals surface area contributed by atoms with Crippen molar-refractivity contribution in [3.63, 3.8) is 0 Å². The molecule has 1 heterocycles. The maximum atomic E-state index is 12.4. The van der Waals surface area contributed by atoms with Gasteiger partial charge < -0.3 is 10.0 Å². The largest absolute Gasteiger partial charge is 0.481 e. The molecule has 1 saturated carbocycles. The third-order valence-electron chi connectivity index (χ3n) is 5.14. The predicted octanol–water partition coefficient (Wildman–Crippen LogP) is 1.82. The molecule has 1 aliphatic heterocycles. The summed E-state index contributed by atoms with van der Waals surface area (Å²) < 4.78 is 0. The first-order chi connectivity index (χ1) is 9.97. The van der Waals surface area contributed by atoms with Crippen LogP contribution in [0.2, 0.25) is 0 Å². The van der Waals surface area contributed by atoms with Gasteiger partial charge in [-0.3, -0.25) is 14.5 Å². The first kappa shape index (κ1) is 16.3. The second-order valence-electron chi connectivity index (χ2n) is 6.83. The molecular formula is C16H28N2O3. The fraction of sp³-hybridized carbons (Fsp3) is 0.875. The van der Waals surface area contributed by atoms with Crippen molar-refractivity contribution in [2.75, 3.05) is 26.7 Å². The van der Waals surface area contributed by atoms with E-state index >= 15 is 0 Å². The van der Waals surface area contributed by atoms with E-state index in [9.17, 15) is 9.59 Å². The first-order valence-electron chi connectivity index (χ1n) is 8.18. The van der Waals surface area contributed by atoms with Crippen LogP contribution in [-0.4, -0.2) is 59.5 Å². The molecule has 0 aromatic heterocycles. The molecule has 1 unspecified atom stereocenters. The van der Waals surface area contributed by atoms with Crippen molar-refractivity contribution in [1.29, 1.82) is 0 Å². The van der Waals surface area contributed by atoms with Crippen molar-refractivity contribution >= 4 is 11.9 Å². The molecule has 0 spiro atoms. The van der Waals surface area contributed by atoms with E-state index in [2.05, 4.69) is 6.92 Å². The summed E-state index contributed by atoms with van der Waals surface area (Å²) >= 11 is 0. The van der Waals surface area contributed by atoms with Gasteiger partial charge in [0.15, 0.2) is 0 Å². The van der Waals surface area contributed by atoms with E-state index in [-0.39, 0.29) is 11.8 Å². The molecule has 2 aliphatic rings. The number of carboxylic acids is 1. The number of carboxylic acid groups (broad SMARTS) is 1. The number of hydrogen-bond donors (Lipinski definition) is 1. The number of amides is 1. The van der Waals surface area contributed by atoms with Gasteiger partial charge in [-0.15, -0.1) is 0 Å². The van der Waals surface area contributed by atoms with E-state index in [0.29, 0.717) is 19.1 Å². The summed E-state index contributed by atoms with van der Waals surface area (Å²) in [5.74, 6) is -0.127. The highest BCUT2D eigenvalue weighted by atomic mass is 16.4. The predicted molar refractivity (Wildman–Crippen MR) is 81.0 cm³/mol. The summed E-state index contributed by atoms with van der Waals surface area (Å²) in [6.07, 6.45) is 6.20. The fourth-order valence-electron chi connectivity index (χ4n) is 3.54. The smallest absolute Gasteiger partial charge is 0.307 e. The molecule has 2 rings (SSSR count). The zero-order valence-electron chi connectivity index (χ0n) is 13.3. The van der Waals surface area contributed by atoms with Crippen molar-refractivity contribution in [2.45, 2.75) is 51.5 Å². The van der Waals surface area contributed by atoms with E-state index in [4.69, 9.17) is 5.11 Å². The number of likely N-dealkylation sites (tertiary alicyclic amines) is 1. The topological polar surface area (TPSA) is 60.9 Å². The van der Waals surface area contributed by atoms with Gasteiger partial charge in [0.2, 0.25) is 5.91 Å². The number of carbonyl (C=O) groups excluding carboxylic acids is 1. The maximum Gasteiger partial charge on any atom is 0.307 e. The van der Waals surface area contributed by atoms with E-state index in [1.54, 1.807) is 0 Å². The summed E-state index contributed by atoms with van der Waals surface area (Å²) in [7, 11) is 1.90. The van der Waals surface area contributed by atoms with Gasteiger partial charge >= 0.3 is 5.97 Å². The fourth-order valence-corrected chi connectivity index (χ4v) is 3.54. The highest BCUT2D eigenvalue weighted by Gasteiger charge is 2.29. The minimum atomic E-state index is -0.734. The van der Waals surface area contributed by atoms with Crippen molar-refractivity contribution in [1.82, 2.24) is 9.80 Å². The van der Waals surface area contributed by atoms with Gasteiger partial charge in [0, 0.05) is 19.6 Å². The molecule has 120 valence electrons. The normalized spacial score (nSPS) is 30.9. The number of aliphatic carboxylic acids is 1. The zero-order chi connectivity index (χ0) is 15.4. The third-order valence-corrected chi connectivity index (χ3v) is 5.14. The molecule has 21 heavy (non-hydrogen) atoms. The number of likely N-dealkylation sites (N-methyl/N-ethyl adjacent to an activating group) is 1. The van der Waals surface area contributed by atoms with E-state index in [0.717, 1.165) is 38.1 Å². The van der Waals surface area contributed by atoms with Crippen LogP contribution in [-0.2, 0) is 9.59 Å². The number of nitrogens with zero attached hydrogens (tertiary/aromatic N) is 2. The van der Waals surface area contributed by atoms with Crippen LogP contribution in [0.4, 0.5) is 0 Å². The maximum absolute atomic E-state index is 12.4. The van der Waals surface area contributed by atoms with Crippen LogP contribution in [0, 0.1) is 11.8 Å². The van der Waals surface area contributed by atoms with Crippen LogP contribution in [0.5, 0.6) is 0 Å². The minimum absolute atomic E-state index is 0.139. The number of hydrogen-bond acceptors (Lipinski definition) is 3. The molecule has 0 radical (unpaired) electrons. The number of piperidine rings is 1. The van der Waals surface area contributed by atoms with Crippen LogP contribution in [0.1, 0.15) is 45.4 Å². The molecule has 1 saturated heterocycles. The Morgan fingerprint density at radius 2 is 1.86 bits per heavy atom. The lowest BCUT2D eigenvalue weighted by atomic mass is 9.87. The lowest BCUT2D eigenvalue weighted by Gasteiger charge is -2.36. The highest BCUT2D eigenvalue weighted by molar-refractivity contribution is 5.78. The molecule has 1 aliphatic carbocycles. The van der Waals surface area contributed by atoms with Gasteiger partial charge in [0.25, 0.3) is 0 Å². The van der Waals surface area contributed by atoms with Crippen LogP contribution in [0.15, 0.2) is 0 Å². The molecular weight excluding hydrogens is 268 g/mol. The van der Waals surface area contributed by atoms with Crippen LogP contribution in [0.25, 0.3) is 0 Å². The summed E-state index contributed by atoms with van der Waals surface area (Å²) in [5.41, 5.74) is 0. The molecule has 2 fully saturated rings. The van der Waals surface area contributed by atoms with E-state index in [1.165, 1.54) is 12.8 Å². The molecule has 1 N–H and O–H groups in total. The van der Waals surface area contributed by atoms with Crippen LogP contribution in [0.3, 0.4) is 0 Å². The van der Waals surface area contributed by atoms with Gasteiger partial charge in [-0.1, -0.05) is 6.92 Å². The number of carbonyl (C=O) groups is 2. The van der Waals surface area contributed by atoms with Gasteiger partial charge in [0.1, 0.15) is 0 Å². The lowest BCUT2D eigenvalue weighted by molar-refractivity contribution is -0.145. The first-order valence-corrected chi connectivity index (χ1v) is 8.18. The average Bonchev–Trinajstić information content (AvgIpc) is 2.47. The van der Waals surface area contributed by atoms with Crippen molar-refractivity contribution in [2.24, 2.45) is 11.8 Å². The molecule has 5 nitrogen and oxygen atoms in total. The molecule has 0 bridgehead atoms. The van der Waals surface area contributed by atoms with Crippen molar-refractivity contribution in [3.8, 4) is 0 Å². The van der Waals surface area contributed by atoms with Crippen molar-refractivity contribution < 1.29 is 14.7 Å². The Hall–Kier alpha value is -1.10. The Morgan fingerprint density at radius 3 is 2.48 bits per heavy atom. The Kier molecular flexibility index (Phi) is 5.62. The van der Waals surface area contributed by atoms with Gasteiger partial charge in [0.05, 0.1) is 12.5 Å². The van der Waals surface area contributed by atoms with Gasteiger partial charge in [-0.05, 0) is 51.0 Å². The monoisotopic (exact) mass is 296 g/mol. The Labute approximate surface area is 127 Å². The Balaban J connectivity index is 1.81. The SMILES string of the molecule is CC1CCC(N(C)C(=O)CN2CCCC(C(=O)O)C2)CC1. The van der Waals surface area contributed by atoms with E-state index in [1.807, 2.05) is 16.8 Å². The minimum Gasteiger partial charge on any atom is -0.481 e. The molecule has 1 atom stereocenters. The zero-order valence-corrected chi connectivity index (χ0v) is 13.3. The second-order valence-corrected chi connectivity index (χ2v) is 6.83. The van der Waals surface area contributed by atoms with Crippen LogP contribution >= 0.6 is 0 Å². The van der Waals surface area contributed by atoms with Crippen molar-refractivity contribution in [3.05, 3.63) is 0 Å². The average molecular weight is 296 g/mol. The van der Waals surface area contributed by atoms with E-state index < -0.39 is 5.97 Å². The molecule has 0 aromatic carbocycles. The lowest BCUT2D eigenvalue weighted by Crippen LogP contribution is -2.47.